The number of hydrogen-bond donors (Lipinski definition) is 1. The van der Waals surface area contributed by atoms with Gasteiger partial charge in [0.1, 0.15) is 0 Å². The Morgan fingerprint density at radius 2 is 2.18 bits per heavy atom. The van der Waals surface area contributed by atoms with Gasteiger partial charge in [-0.3, -0.25) is 4.68 Å². The zero-order valence-corrected chi connectivity index (χ0v) is 10.5. The standard InChI is InChI=1S/C13H21N3O/c1-16-9-12(6-10-7-14-8-10)13(15-16)11-2-4-17-5-3-11/h9-11,14H,2-8H2,1H3. The molecule has 0 spiro atoms. The van der Waals surface area contributed by atoms with E-state index in [1.807, 2.05) is 11.7 Å². The SMILES string of the molecule is Cn1cc(CC2CNC2)c(C2CCOCC2)n1. The molecule has 0 saturated carbocycles. The Bertz CT molecular complexity index is 378. The van der Waals surface area contributed by atoms with Gasteiger partial charge in [-0.1, -0.05) is 0 Å². The lowest BCUT2D eigenvalue weighted by Gasteiger charge is -2.28. The normalized spacial score (nSPS) is 22.6. The van der Waals surface area contributed by atoms with Crippen molar-refractivity contribution < 1.29 is 4.74 Å². The van der Waals surface area contributed by atoms with Gasteiger partial charge in [-0.2, -0.15) is 5.10 Å². The van der Waals surface area contributed by atoms with Gasteiger partial charge < -0.3 is 10.1 Å². The average molecular weight is 235 g/mol. The highest BCUT2D eigenvalue weighted by atomic mass is 16.5. The van der Waals surface area contributed by atoms with E-state index >= 15 is 0 Å². The summed E-state index contributed by atoms with van der Waals surface area (Å²) in [7, 11) is 2.03. The predicted octanol–water partition coefficient (Wildman–Crippen LogP) is 1.08. The van der Waals surface area contributed by atoms with Gasteiger partial charge in [0, 0.05) is 32.4 Å². The summed E-state index contributed by atoms with van der Waals surface area (Å²) in [4.78, 5) is 0. The smallest absolute Gasteiger partial charge is 0.0689 e. The molecule has 4 heteroatoms. The van der Waals surface area contributed by atoms with Crippen LogP contribution in [0, 0.1) is 5.92 Å². The molecule has 0 radical (unpaired) electrons. The molecule has 2 aliphatic rings. The Balaban J connectivity index is 1.76. The summed E-state index contributed by atoms with van der Waals surface area (Å²) in [6.45, 7) is 4.13. The lowest BCUT2D eigenvalue weighted by atomic mass is 9.88. The fourth-order valence-electron chi connectivity index (χ4n) is 2.83. The van der Waals surface area contributed by atoms with Crippen molar-refractivity contribution in [2.45, 2.75) is 25.2 Å². The maximum atomic E-state index is 5.44. The van der Waals surface area contributed by atoms with Crippen molar-refractivity contribution in [1.82, 2.24) is 15.1 Å². The minimum absolute atomic E-state index is 0.619. The van der Waals surface area contributed by atoms with E-state index in [-0.39, 0.29) is 0 Å². The van der Waals surface area contributed by atoms with Crippen LogP contribution in [0.3, 0.4) is 0 Å². The van der Waals surface area contributed by atoms with E-state index in [2.05, 4.69) is 16.6 Å². The molecule has 2 saturated heterocycles. The number of hydrogen-bond acceptors (Lipinski definition) is 3. The molecule has 1 N–H and O–H groups in total. The molecule has 94 valence electrons. The van der Waals surface area contributed by atoms with Gasteiger partial charge in [0.2, 0.25) is 0 Å². The highest BCUT2D eigenvalue weighted by Crippen LogP contribution is 2.29. The zero-order valence-electron chi connectivity index (χ0n) is 10.5. The molecule has 0 bridgehead atoms. The van der Waals surface area contributed by atoms with E-state index in [1.54, 1.807) is 0 Å². The third-order valence-corrected chi connectivity index (χ3v) is 3.92. The monoisotopic (exact) mass is 235 g/mol. The van der Waals surface area contributed by atoms with Crippen LogP contribution in [0.2, 0.25) is 0 Å². The Labute approximate surface area is 102 Å². The molecule has 1 aromatic heterocycles. The second-order valence-electron chi connectivity index (χ2n) is 5.33. The Hall–Kier alpha value is -0.870. The van der Waals surface area contributed by atoms with E-state index in [0.717, 1.165) is 32.0 Å². The number of rotatable bonds is 3. The average Bonchev–Trinajstić information content (AvgIpc) is 2.66. The molecule has 1 aromatic rings. The summed E-state index contributed by atoms with van der Waals surface area (Å²) >= 11 is 0. The molecule has 0 atom stereocenters. The number of aryl methyl sites for hydroxylation is 1. The Morgan fingerprint density at radius 3 is 2.82 bits per heavy atom. The van der Waals surface area contributed by atoms with E-state index in [4.69, 9.17) is 4.74 Å². The number of nitrogens with one attached hydrogen (secondary N) is 1. The van der Waals surface area contributed by atoms with Crippen molar-refractivity contribution in [1.29, 1.82) is 0 Å². The number of nitrogens with zero attached hydrogens (tertiary/aromatic N) is 2. The van der Waals surface area contributed by atoms with Crippen LogP contribution in [0.1, 0.15) is 30.0 Å². The van der Waals surface area contributed by atoms with Crippen LogP contribution in [-0.4, -0.2) is 36.1 Å². The van der Waals surface area contributed by atoms with Crippen molar-refractivity contribution in [3.8, 4) is 0 Å². The van der Waals surface area contributed by atoms with E-state index < -0.39 is 0 Å². The van der Waals surface area contributed by atoms with Crippen molar-refractivity contribution in [3.63, 3.8) is 0 Å². The zero-order chi connectivity index (χ0) is 11.7. The highest BCUT2D eigenvalue weighted by molar-refractivity contribution is 5.23. The molecule has 0 unspecified atom stereocenters. The predicted molar refractivity (Wildman–Crippen MR) is 66.1 cm³/mol. The quantitative estimate of drug-likeness (QED) is 0.852. The fourth-order valence-corrected chi connectivity index (χ4v) is 2.83. The summed E-state index contributed by atoms with van der Waals surface area (Å²) < 4.78 is 7.42. The summed E-state index contributed by atoms with van der Waals surface area (Å²) in [5.74, 6) is 1.44. The largest absolute Gasteiger partial charge is 0.381 e. The topological polar surface area (TPSA) is 39.1 Å². The number of ether oxygens (including phenoxy) is 1. The van der Waals surface area contributed by atoms with E-state index in [1.165, 1.54) is 30.8 Å². The fraction of sp³-hybridized carbons (Fsp3) is 0.769. The Morgan fingerprint density at radius 1 is 1.41 bits per heavy atom. The maximum Gasteiger partial charge on any atom is 0.0689 e. The van der Waals surface area contributed by atoms with Gasteiger partial charge in [0.05, 0.1) is 5.69 Å². The van der Waals surface area contributed by atoms with Gasteiger partial charge in [-0.15, -0.1) is 0 Å². The first-order chi connectivity index (χ1) is 8.33. The summed E-state index contributed by atoms with van der Waals surface area (Å²) in [5, 5.41) is 8.03. The van der Waals surface area contributed by atoms with Gasteiger partial charge in [-0.05, 0) is 43.8 Å². The molecule has 17 heavy (non-hydrogen) atoms. The van der Waals surface area contributed by atoms with Gasteiger partial charge in [-0.25, -0.2) is 0 Å². The minimum Gasteiger partial charge on any atom is -0.381 e. The molecule has 3 rings (SSSR count). The van der Waals surface area contributed by atoms with Crippen molar-refractivity contribution in [3.05, 3.63) is 17.5 Å². The van der Waals surface area contributed by atoms with Crippen LogP contribution in [0.15, 0.2) is 6.20 Å². The number of aromatic nitrogens is 2. The highest BCUT2D eigenvalue weighted by Gasteiger charge is 2.25. The molecule has 3 heterocycles. The van der Waals surface area contributed by atoms with Gasteiger partial charge in [0.15, 0.2) is 0 Å². The lowest BCUT2D eigenvalue weighted by Crippen LogP contribution is -2.43. The Kier molecular flexibility index (Phi) is 3.16. The maximum absolute atomic E-state index is 5.44. The molecule has 0 aromatic carbocycles. The van der Waals surface area contributed by atoms with Gasteiger partial charge in [0.25, 0.3) is 0 Å². The third-order valence-electron chi connectivity index (χ3n) is 3.92. The van der Waals surface area contributed by atoms with Crippen LogP contribution in [-0.2, 0) is 18.2 Å². The van der Waals surface area contributed by atoms with Crippen LogP contribution in [0.5, 0.6) is 0 Å². The van der Waals surface area contributed by atoms with Crippen molar-refractivity contribution >= 4 is 0 Å². The molecule has 4 nitrogen and oxygen atoms in total. The molecule has 2 aliphatic heterocycles. The van der Waals surface area contributed by atoms with Crippen LogP contribution in [0.4, 0.5) is 0 Å². The first kappa shape index (κ1) is 11.2. The van der Waals surface area contributed by atoms with Crippen LogP contribution in [0.25, 0.3) is 0 Å². The van der Waals surface area contributed by atoms with E-state index in [9.17, 15) is 0 Å². The van der Waals surface area contributed by atoms with Gasteiger partial charge >= 0.3 is 0 Å². The first-order valence-corrected chi connectivity index (χ1v) is 6.64. The summed E-state index contributed by atoms with van der Waals surface area (Å²) in [6, 6.07) is 0. The third kappa shape index (κ3) is 2.38. The second-order valence-corrected chi connectivity index (χ2v) is 5.33. The molecule has 0 amide bonds. The molecule has 2 fully saturated rings. The van der Waals surface area contributed by atoms with E-state index in [0.29, 0.717) is 5.92 Å². The second kappa shape index (κ2) is 4.78. The summed E-state index contributed by atoms with van der Waals surface area (Å²) in [6.07, 6.45) is 5.66. The minimum atomic E-state index is 0.619. The van der Waals surface area contributed by atoms with Crippen molar-refractivity contribution in [2.75, 3.05) is 26.3 Å². The van der Waals surface area contributed by atoms with Crippen LogP contribution < -0.4 is 5.32 Å². The molecular weight excluding hydrogens is 214 g/mol. The molecular formula is C13H21N3O. The van der Waals surface area contributed by atoms with Crippen LogP contribution >= 0.6 is 0 Å². The molecule has 0 aliphatic carbocycles. The summed E-state index contributed by atoms with van der Waals surface area (Å²) in [5.41, 5.74) is 2.80. The lowest BCUT2D eigenvalue weighted by molar-refractivity contribution is 0.0841. The van der Waals surface area contributed by atoms with Crippen molar-refractivity contribution in [2.24, 2.45) is 13.0 Å². The first-order valence-electron chi connectivity index (χ1n) is 6.64.